The van der Waals surface area contributed by atoms with Crippen LogP contribution in [0.2, 0.25) is 0 Å². The van der Waals surface area contributed by atoms with Gasteiger partial charge >= 0.3 is 0 Å². The average Bonchev–Trinajstić information content (AvgIpc) is 2.78. The topological polar surface area (TPSA) is 66.0 Å². The Morgan fingerprint density at radius 3 is 2.71 bits per heavy atom. The van der Waals surface area contributed by atoms with Gasteiger partial charge in [-0.15, -0.1) is 5.10 Å². The van der Waals surface area contributed by atoms with Gasteiger partial charge in [0, 0.05) is 6.42 Å². The molecule has 0 aliphatic rings. The van der Waals surface area contributed by atoms with Gasteiger partial charge in [0.05, 0.1) is 25.5 Å². The van der Waals surface area contributed by atoms with Gasteiger partial charge < -0.3 is 10.5 Å². The maximum atomic E-state index is 5.53. The van der Waals surface area contributed by atoms with Crippen molar-refractivity contribution in [1.29, 1.82) is 0 Å². The highest BCUT2D eigenvalue weighted by atomic mass is 16.5. The second-order valence-electron chi connectivity index (χ2n) is 3.77. The van der Waals surface area contributed by atoms with Crippen LogP contribution in [0, 0.1) is 0 Å². The van der Waals surface area contributed by atoms with Crippen molar-refractivity contribution in [1.82, 2.24) is 15.0 Å². The van der Waals surface area contributed by atoms with Crippen LogP contribution in [0.25, 0.3) is 0 Å². The summed E-state index contributed by atoms with van der Waals surface area (Å²) >= 11 is 0. The first kappa shape index (κ1) is 11.6. The van der Waals surface area contributed by atoms with Gasteiger partial charge in [-0.1, -0.05) is 17.3 Å². The number of methoxy groups -OCH3 is 1. The van der Waals surface area contributed by atoms with Crippen LogP contribution in [0.4, 0.5) is 0 Å². The Morgan fingerprint density at radius 2 is 2.06 bits per heavy atom. The summed E-state index contributed by atoms with van der Waals surface area (Å²) < 4.78 is 6.99. The molecule has 1 aromatic carbocycles. The summed E-state index contributed by atoms with van der Waals surface area (Å²) in [5.74, 6) is 0.856. The lowest BCUT2D eigenvalue weighted by Gasteiger charge is -2.06. The van der Waals surface area contributed by atoms with E-state index in [1.165, 1.54) is 0 Å². The minimum absolute atomic E-state index is 0.607. The zero-order chi connectivity index (χ0) is 12.1. The molecule has 0 saturated heterocycles. The number of ether oxygens (including phenoxy) is 1. The Labute approximate surface area is 100 Å². The summed E-state index contributed by atoms with van der Waals surface area (Å²) in [6.45, 7) is 1.31. The molecule has 0 bridgehead atoms. The molecule has 0 aliphatic carbocycles. The first-order chi connectivity index (χ1) is 8.33. The van der Waals surface area contributed by atoms with Gasteiger partial charge in [-0.3, -0.25) is 0 Å². The number of aromatic nitrogens is 3. The maximum Gasteiger partial charge on any atom is 0.118 e. The minimum Gasteiger partial charge on any atom is -0.497 e. The average molecular weight is 232 g/mol. The summed E-state index contributed by atoms with van der Waals surface area (Å²) in [5.41, 5.74) is 7.75. The minimum atomic E-state index is 0.607. The first-order valence-electron chi connectivity index (χ1n) is 5.54. The van der Waals surface area contributed by atoms with Crippen LogP contribution in [0.3, 0.4) is 0 Å². The lowest BCUT2D eigenvalue weighted by molar-refractivity contribution is 0.414. The SMILES string of the molecule is COc1ccc(Cn2nncc2CCN)cc1. The fraction of sp³-hybridized carbons (Fsp3) is 0.333. The zero-order valence-electron chi connectivity index (χ0n) is 9.84. The number of nitrogens with zero attached hydrogens (tertiary/aromatic N) is 3. The number of nitrogens with two attached hydrogens (primary N) is 1. The van der Waals surface area contributed by atoms with Gasteiger partial charge in [-0.25, -0.2) is 4.68 Å². The normalized spacial score (nSPS) is 10.5. The molecule has 2 N–H and O–H groups in total. The van der Waals surface area contributed by atoms with Crippen molar-refractivity contribution in [3.05, 3.63) is 41.7 Å². The smallest absolute Gasteiger partial charge is 0.118 e. The summed E-state index contributed by atoms with van der Waals surface area (Å²) in [7, 11) is 1.66. The Bertz CT molecular complexity index is 464. The summed E-state index contributed by atoms with van der Waals surface area (Å²) in [4.78, 5) is 0. The lowest BCUT2D eigenvalue weighted by atomic mass is 10.2. The second-order valence-corrected chi connectivity index (χ2v) is 3.77. The van der Waals surface area contributed by atoms with Crippen molar-refractivity contribution in [3.63, 3.8) is 0 Å². The molecule has 0 spiro atoms. The summed E-state index contributed by atoms with van der Waals surface area (Å²) in [6.07, 6.45) is 2.56. The molecule has 0 aliphatic heterocycles. The van der Waals surface area contributed by atoms with E-state index in [0.29, 0.717) is 13.1 Å². The molecule has 1 heterocycles. The lowest BCUT2D eigenvalue weighted by Crippen LogP contribution is -2.11. The molecule has 0 radical (unpaired) electrons. The second kappa shape index (κ2) is 5.45. The third-order valence-corrected chi connectivity index (χ3v) is 2.59. The van der Waals surface area contributed by atoms with Gasteiger partial charge in [-0.2, -0.15) is 0 Å². The molecule has 0 saturated carbocycles. The van der Waals surface area contributed by atoms with Crippen LogP contribution >= 0.6 is 0 Å². The van der Waals surface area contributed by atoms with E-state index in [2.05, 4.69) is 10.3 Å². The van der Waals surface area contributed by atoms with Crippen LogP contribution in [0.5, 0.6) is 5.75 Å². The van der Waals surface area contributed by atoms with Gasteiger partial charge in [-0.05, 0) is 24.2 Å². The highest BCUT2D eigenvalue weighted by Gasteiger charge is 2.03. The van der Waals surface area contributed by atoms with E-state index < -0.39 is 0 Å². The number of hydrogen-bond acceptors (Lipinski definition) is 4. The van der Waals surface area contributed by atoms with Crippen molar-refractivity contribution in [3.8, 4) is 5.75 Å². The van der Waals surface area contributed by atoms with Crippen LogP contribution in [-0.4, -0.2) is 28.6 Å². The molecule has 2 rings (SSSR count). The molecule has 5 heteroatoms. The fourth-order valence-corrected chi connectivity index (χ4v) is 1.66. The number of hydrogen-bond donors (Lipinski definition) is 1. The van der Waals surface area contributed by atoms with Crippen molar-refractivity contribution in [2.75, 3.05) is 13.7 Å². The molecule has 0 fully saturated rings. The molecule has 0 atom stereocenters. The molecule has 17 heavy (non-hydrogen) atoms. The van der Waals surface area contributed by atoms with E-state index >= 15 is 0 Å². The third-order valence-electron chi connectivity index (χ3n) is 2.59. The van der Waals surface area contributed by atoms with Crippen molar-refractivity contribution in [2.24, 2.45) is 5.73 Å². The highest BCUT2D eigenvalue weighted by Crippen LogP contribution is 2.12. The predicted molar refractivity (Wildman–Crippen MR) is 64.9 cm³/mol. The van der Waals surface area contributed by atoms with E-state index in [1.807, 2.05) is 28.9 Å². The molecule has 0 amide bonds. The van der Waals surface area contributed by atoms with E-state index in [-0.39, 0.29) is 0 Å². The Balaban J connectivity index is 2.10. The van der Waals surface area contributed by atoms with Crippen LogP contribution < -0.4 is 10.5 Å². The quantitative estimate of drug-likeness (QED) is 0.829. The van der Waals surface area contributed by atoms with Gasteiger partial charge in [0.15, 0.2) is 0 Å². The predicted octanol–water partition coefficient (Wildman–Crippen LogP) is 0.836. The molecule has 2 aromatic rings. The Kier molecular flexibility index (Phi) is 3.72. The maximum absolute atomic E-state index is 5.53. The number of rotatable bonds is 5. The van der Waals surface area contributed by atoms with Crippen LogP contribution in [0.1, 0.15) is 11.3 Å². The monoisotopic (exact) mass is 232 g/mol. The third kappa shape index (κ3) is 2.82. The first-order valence-corrected chi connectivity index (χ1v) is 5.54. The molecule has 1 aromatic heterocycles. The summed E-state index contributed by atoms with van der Waals surface area (Å²) in [5, 5.41) is 7.96. The fourth-order valence-electron chi connectivity index (χ4n) is 1.66. The van der Waals surface area contributed by atoms with Crippen molar-refractivity contribution < 1.29 is 4.74 Å². The van der Waals surface area contributed by atoms with E-state index in [1.54, 1.807) is 13.3 Å². The van der Waals surface area contributed by atoms with Crippen LogP contribution in [-0.2, 0) is 13.0 Å². The molecule has 90 valence electrons. The molecule has 0 unspecified atom stereocenters. The Morgan fingerprint density at radius 1 is 1.29 bits per heavy atom. The van der Waals surface area contributed by atoms with Crippen LogP contribution in [0.15, 0.2) is 30.5 Å². The largest absolute Gasteiger partial charge is 0.497 e. The Hall–Kier alpha value is -1.88. The molecule has 5 nitrogen and oxygen atoms in total. The number of benzene rings is 1. The molecular weight excluding hydrogens is 216 g/mol. The highest BCUT2D eigenvalue weighted by molar-refractivity contribution is 5.27. The van der Waals surface area contributed by atoms with E-state index in [0.717, 1.165) is 23.4 Å². The van der Waals surface area contributed by atoms with Gasteiger partial charge in [0.25, 0.3) is 0 Å². The summed E-state index contributed by atoms with van der Waals surface area (Å²) in [6, 6.07) is 7.92. The van der Waals surface area contributed by atoms with Gasteiger partial charge in [0.2, 0.25) is 0 Å². The van der Waals surface area contributed by atoms with E-state index in [4.69, 9.17) is 10.5 Å². The van der Waals surface area contributed by atoms with E-state index in [9.17, 15) is 0 Å². The zero-order valence-corrected chi connectivity index (χ0v) is 9.84. The van der Waals surface area contributed by atoms with Crippen molar-refractivity contribution >= 4 is 0 Å². The van der Waals surface area contributed by atoms with Crippen molar-refractivity contribution in [2.45, 2.75) is 13.0 Å². The standard InChI is InChI=1S/C12H16N4O/c1-17-12-4-2-10(3-5-12)9-16-11(6-7-13)8-14-15-16/h2-5,8H,6-7,9,13H2,1H3. The van der Waals surface area contributed by atoms with Gasteiger partial charge in [0.1, 0.15) is 5.75 Å². The molecular formula is C12H16N4O.